The number of rotatable bonds is 4. The van der Waals surface area contributed by atoms with Crippen LogP contribution in [0, 0.1) is 5.92 Å². The Balaban J connectivity index is 1.56. The Morgan fingerprint density at radius 3 is 2.63 bits per heavy atom. The first kappa shape index (κ1) is 15.9. The van der Waals surface area contributed by atoms with E-state index in [1.54, 1.807) is 13.2 Å². The Kier molecular flexibility index (Phi) is 3.47. The predicted octanol–water partition coefficient (Wildman–Crippen LogP) is 4.16. The number of nitrogens with one attached hydrogen (secondary N) is 1. The highest BCUT2D eigenvalue weighted by molar-refractivity contribution is 6.22. The Morgan fingerprint density at radius 1 is 1.15 bits per heavy atom. The third-order valence-corrected chi connectivity index (χ3v) is 5.23. The summed E-state index contributed by atoms with van der Waals surface area (Å²) < 4.78 is 5.19. The number of carbonyl (C=O) groups is 2. The molecular weight excluding hydrogens is 342 g/mol. The van der Waals surface area contributed by atoms with Crippen molar-refractivity contribution < 1.29 is 14.3 Å². The number of ketones is 1. The molecule has 0 saturated heterocycles. The number of nitrogens with zero attached hydrogens (tertiary/aromatic N) is 2. The number of Topliss-reactive ketones (excluding diaryl/α,β-unsaturated/α-hetero) is 1. The van der Waals surface area contributed by atoms with Gasteiger partial charge in [-0.15, -0.1) is 0 Å². The van der Waals surface area contributed by atoms with E-state index in [1.807, 2.05) is 36.4 Å². The van der Waals surface area contributed by atoms with Gasteiger partial charge in [0, 0.05) is 11.5 Å². The minimum Gasteiger partial charge on any atom is -0.497 e. The number of anilines is 1. The van der Waals surface area contributed by atoms with Gasteiger partial charge in [0.2, 0.25) is 5.91 Å². The first-order chi connectivity index (χ1) is 13.2. The number of benzene rings is 2. The first-order valence-corrected chi connectivity index (χ1v) is 8.95. The second-order valence-electron chi connectivity index (χ2n) is 6.97. The molecule has 6 nitrogen and oxygen atoms in total. The summed E-state index contributed by atoms with van der Waals surface area (Å²) in [7, 11) is 1.61. The van der Waals surface area contributed by atoms with E-state index in [4.69, 9.17) is 4.74 Å². The summed E-state index contributed by atoms with van der Waals surface area (Å²) in [5, 5.41) is 11.5. The largest absolute Gasteiger partial charge is 0.497 e. The smallest absolute Gasteiger partial charge is 0.227 e. The van der Waals surface area contributed by atoms with Gasteiger partial charge >= 0.3 is 0 Å². The molecule has 1 heterocycles. The van der Waals surface area contributed by atoms with Gasteiger partial charge < -0.3 is 10.1 Å². The standard InChI is InChI=1S/C21H17N3O3/c1-27-13-9-7-11(8-10-13)18-17-19(24-23-18)14-3-2-4-15(16(14)20(17)25)22-21(26)12-5-6-12/h2-4,7-10,12,19H,5-6H2,1H3,(H,22,26). The molecule has 6 heteroatoms. The molecule has 0 radical (unpaired) electrons. The fourth-order valence-electron chi connectivity index (χ4n) is 3.64. The minimum atomic E-state index is -0.401. The summed E-state index contributed by atoms with van der Waals surface area (Å²) in [4.78, 5) is 25.4. The van der Waals surface area contributed by atoms with Crippen LogP contribution < -0.4 is 10.1 Å². The average Bonchev–Trinajstić information content (AvgIpc) is 3.39. The van der Waals surface area contributed by atoms with Crippen LogP contribution in [0.3, 0.4) is 0 Å². The quantitative estimate of drug-likeness (QED) is 0.890. The number of azo groups is 1. The predicted molar refractivity (Wildman–Crippen MR) is 99.6 cm³/mol. The lowest BCUT2D eigenvalue weighted by atomic mass is 10.0. The van der Waals surface area contributed by atoms with E-state index in [0.717, 1.165) is 29.7 Å². The Hall–Kier alpha value is -3.28. The van der Waals surface area contributed by atoms with Gasteiger partial charge in [0.15, 0.2) is 5.78 Å². The first-order valence-electron chi connectivity index (χ1n) is 8.95. The van der Waals surface area contributed by atoms with Crippen molar-refractivity contribution in [3.05, 3.63) is 64.7 Å². The Morgan fingerprint density at radius 2 is 1.93 bits per heavy atom. The summed E-state index contributed by atoms with van der Waals surface area (Å²) in [6.07, 6.45) is 1.83. The summed E-state index contributed by atoms with van der Waals surface area (Å²) in [5.74, 6) is 0.685. The highest BCUT2D eigenvalue weighted by atomic mass is 16.5. The molecule has 0 spiro atoms. The molecule has 2 aliphatic carbocycles. The Labute approximate surface area is 155 Å². The molecule has 134 valence electrons. The van der Waals surface area contributed by atoms with Gasteiger partial charge in [-0.3, -0.25) is 9.59 Å². The molecule has 0 aromatic heterocycles. The van der Waals surface area contributed by atoms with Gasteiger partial charge in [0.1, 0.15) is 17.5 Å². The normalized spacial score (nSPS) is 19.9. The zero-order chi connectivity index (χ0) is 18.5. The topological polar surface area (TPSA) is 80.1 Å². The number of amides is 1. The monoisotopic (exact) mass is 359 g/mol. The molecule has 1 amide bonds. The molecule has 3 aliphatic rings. The van der Waals surface area contributed by atoms with Gasteiger partial charge in [-0.1, -0.05) is 12.1 Å². The van der Waals surface area contributed by atoms with Crippen LogP contribution in [-0.2, 0) is 4.79 Å². The molecule has 1 unspecified atom stereocenters. The molecule has 5 rings (SSSR count). The van der Waals surface area contributed by atoms with Crippen molar-refractivity contribution >= 4 is 23.1 Å². The van der Waals surface area contributed by atoms with Crippen LogP contribution >= 0.6 is 0 Å². The van der Waals surface area contributed by atoms with Crippen LogP contribution in [0.1, 0.15) is 40.4 Å². The zero-order valence-corrected chi connectivity index (χ0v) is 14.7. The van der Waals surface area contributed by atoms with Crippen molar-refractivity contribution in [2.75, 3.05) is 12.4 Å². The fourth-order valence-corrected chi connectivity index (χ4v) is 3.64. The third-order valence-electron chi connectivity index (χ3n) is 5.23. The molecule has 27 heavy (non-hydrogen) atoms. The summed E-state index contributed by atoms with van der Waals surface area (Å²) in [6.45, 7) is 0. The van der Waals surface area contributed by atoms with Gasteiger partial charge in [-0.05, 0) is 48.7 Å². The Bertz CT molecular complexity index is 1030. The number of hydrogen-bond donors (Lipinski definition) is 1. The van der Waals surface area contributed by atoms with E-state index >= 15 is 0 Å². The fraction of sp³-hybridized carbons (Fsp3) is 0.238. The van der Waals surface area contributed by atoms with Gasteiger partial charge in [-0.25, -0.2) is 0 Å². The lowest BCUT2D eigenvalue weighted by molar-refractivity contribution is -0.117. The van der Waals surface area contributed by atoms with Crippen molar-refractivity contribution in [2.45, 2.75) is 18.9 Å². The van der Waals surface area contributed by atoms with Crippen LogP contribution in [0.5, 0.6) is 5.75 Å². The highest BCUT2D eigenvalue weighted by Gasteiger charge is 2.42. The molecule has 1 N–H and O–H groups in total. The van der Waals surface area contributed by atoms with Crippen LogP contribution in [0.4, 0.5) is 5.69 Å². The number of carbonyl (C=O) groups excluding carboxylic acids is 2. The maximum Gasteiger partial charge on any atom is 0.227 e. The van der Waals surface area contributed by atoms with Gasteiger partial charge in [0.25, 0.3) is 0 Å². The molecule has 2 aromatic carbocycles. The van der Waals surface area contributed by atoms with Crippen LogP contribution in [0.25, 0.3) is 5.70 Å². The maximum absolute atomic E-state index is 13.2. The number of ether oxygens (including phenoxy) is 1. The lowest BCUT2D eigenvalue weighted by Crippen LogP contribution is -2.15. The average molecular weight is 359 g/mol. The van der Waals surface area contributed by atoms with E-state index in [9.17, 15) is 9.59 Å². The lowest BCUT2D eigenvalue weighted by Gasteiger charge is -2.09. The summed E-state index contributed by atoms with van der Waals surface area (Å²) in [6, 6.07) is 12.5. The van der Waals surface area contributed by atoms with Crippen LogP contribution in [0.15, 0.2) is 58.3 Å². The van der Waals surface area contributed by atoms with Crippen molar-refractivity contribution in [1.82, 2.24) is 0 Å². The van der Waals surface area contributed by atoms with E-state index in [-0.39, 0.29) is 17.6 Å². The SMILES string of the molecule is COc1ccc(C2=C3C(=O)c4c(NC(=O)C5CC5)cccc4C3N=N2)cc1. The molecule has 1 saturated carbocycles. The van der Waals surface area contributed by atoms with E-state index in [0.29, 0.717) is 22.5 Å². The van der Waals surface area contributed by atoms with Crippen LogP contribution in [0.2, 0.25) is 0 Å². The second kappa shape index (κ2) is 5.87. The molecule has 1 aliphatic heterocycles. The number of methoxy groups -OCH3 is 1. The van der Waals surface area contributed by atoms with Crippen LogP contribution in [-0.4, -0.2) is 18.8 Å². The van der Waals surface area contributed by atoms with E-state index < -0.39 is 6.04 Å². The van der Waals surface area contributed by atoms with Crippen molar-refractivity contribution in [3.63, 3.8) is 0 Å². The molecule has 2 aromatic rings. The van der Waals surface area contributed by atoms with Crippen molar-refractivity contribution in [1.29, 1.82) is 0 Å². The van der Waals surface area contributed by atoms with E-state index in [1.165, 1.54) is 0 Å². The third kappa shape index (κ3) is 2.48. The summed E-state index contributed by atoms with van der Waals surface area (Å²) in [5.41, 5.74) is 3.89. The van der Waals surface area contributed by atoms with Gasteiger partial charge in [0.05, 0.1) is 23.9 Å². The number of fused-ring (bicyclic) bond motifs is 3. The van der Waals surface area contributed by atoms with Crippen molar-refractivity contribution in [3.8, 4) is 5.75 Å². The van der Waals surface area contributed by atoms with E-state index in [2.05, 4.69) is 15.5 Å². The summed E-state index contributed by atoms with van der Waals surface area (Å²) >= 11 is 0. The molecule has 1 fully saturated rings. The maximum atomic E-state index is 13.2. The molecule has 1 atom stereocenters. The molecular formula is C21H17N3O3. The minimum absolute atomic E-state index is 0.0146. The zero-order valence-electron chi connectivity index (χ0n) is 14.7. The highest BCUT2D eigenvalue weighted by Crippen LogP contribution is 2.49. The second-order valence-corrected chi connectivity index (χ2v) is 6.97. The molecule has 0 bridgehead atoms. The van der Waals surface area contributed by atoms with Crippen molar-refractivity contribution in [2.24, 2.45) is 16.1 Å². The van der Waals surface area contributed by atoms with Gasteiger partial charge in [-0.2, -0.15) is 10.2 Å². The number of hydrogen-bond acceptors (Lipinski definition) is 5.